The molecular formula is C24H20ClFN6O3. The van der Waals surface area contributed by atoms with Crippen LogP contribution >= 0.6 is 11.6 Å². The monoisotopic (exact) mass is 494 g/mol. The number of H-pyrrole nitrogens is 1. The summed E-state index contributed by atoms with van der Waals surface area (Å²) in [6.45, 7) is 1.08. The Bertz CT molecular complexity index is 1390. The Kier molecular flexibility index (Phi) is 6.55. The van der Waals surface area contributed by atoms with Gasteiger partial charge in [0.15, 0.2) is 0 Å². The van der Waals surface area contributed by atoms with E-state index in [1.807, 2.05) is 0 Å². The number of aromatic nitrogens is 4. The van der Waals surface area contributed by atoms with Crippen molar-refractivity contribution in [2.75, 3.05) is 23.8 Å². The highest BCUT2D eigenvalue weighted by Gasteiger charge is 2.21. The minimum Gasteiger partial charge on any atom is -0.486 e. The largest absolute Gasteiger partial charge is 0.486 e. The molecule has 1 atom stereocenters. The third-order valence-electron chi connectivity index (χ3n) is 5.27. The summed E-state index contributed by atoms with van der Waals surface area (Å²) in [5, 5.41) is 6.59. The van der Waals surface area contributed by atoms with Crippen molar-refractivity contribution in [2.24, 2.45) is 0 Å². The van der Waals surface area contributed by atoms with Gasteiger partial charge in [-0.15, -0.1) is 0 Å². The Labute approximate surface area is 204 Å². The molecule has 35 heavy (non-hydrogen) atoms. The number of hydrogen-bond donors (Lipinski definition) is 3. The number of anilines is 3. The standard InChI is InChI=1S/C24H20ClFN6O3/c25-17-9-14(1-2-18(17)26)31-24-16-10-20(32-23(33)4-3-22-27-6-7-28-22)21(11-19(16)29-13-30-24)35-15-5-8-34-12-15/h1-4,6-7,9-11,13,15H,5,8,12H2,(H,27,28)(H,32,33)(H,29,30,31)/b4-3+/t15-/m0/s1. The van der Waals surface area contributed by atoms with Crippen molar-refractivity contribution in [3.63, 3.8) is 0 Å². The Morgan fingerprint density at radius 2 is 2.17 bits per heavy atom. The molecule has 1 fully saturated rings. The van der Waals surface area contributed by atoms with Crippen molar-refractivity contribution in [3.05, 3.63) is 71.8 Å². The van der Waals surface area contributed by atoms with Crippen LogP contribution in [-0.2, 0) is 9.53 Å². The fourth-order valence-electron chi connectivity index (χ4n) is 3.57. The van der Waals surface area contributed by atoms with Crippen LogP contribution in [0.25, 0.3) is 17.0 Å². The van der Waals surface area contributed by atoms with Crippen molar-refractivity contribution >= 4 is 51.7 Å². The molecule has 0 radical (unpaired) electrons. The first-order valence-electron chi connectivity index (χ1n) is 10.8. The smallest absolute Gasteiger partial charge is 0.248 e. The molecule has 1 aliphatic heterocycles. The van der Waals surface area contributed by atoms with E-state index in [0.29, 0.717) is 52.9 Å². The number of nitrogens with one attached hydrogen (secondary N) is 3. The molecule has 9 nitrogen and oxygen atoms in total. The van der Waals surface area contributed by atoms with E-state index in [0.717, 1.165) is 6.42 Å². The normalized spacial score (nSPS) is 15.5. The zero-order chi connectivity index (χ0) is 24.2. The number of imidazole rings is 1. The second-order valence-corrected chi connectivity index (χ2v) is 8.15. The van der Waals surface area contributed by atoms with Crippen molar-refractivity contribution < 1.29 is 18.7 Å². The Balaban J connectivity index is 1.49. The molecule has 0 spiro atoms. The van der Waals surface area contributed by atoms with Gasteiger partial charge >= 0.3 is 0 Å². The molecule has 0 unspecified atom stereocenters. The molecule has 1 saturated heterocycles. The topological polar surface area (TPSA) is 114 Å². The predicted molar refractivity (Wildman–Crippen MR) is 130 cm³/mol. The molecule has 3 heterocycles. The van der Waals surface area contributed by atoms with Crippen LogP contribution in [0.15, 0.2) is 55.1 Å². The minimum absolute atomic E-state index is 0.0147. The molecule has 11 heteroatoms. The summed E-state index contributed by atoms with van der Waals surface area (Å²) < 4.78 is 25.1. The third kappa shape index (κ3) is 5.39. The first-order chi connectivity index (χ1) is 17.0. The molecule has 0 saturated carbocycles. The lowest BCUT2D eigenvalue weighted by atomic mass is 10.1. The van der Waals surface area contributed by atoms with E-state index in [1.54, 1.807) is 36.7 Å². The zero-order valence-corrected chi connectivity index (χ0v) is 19.1. The lowest BCUT2D eigenvalue weighted by molar-refractivity contribution is -0.111. The maximum atomic E-state index is 13.6. The predicted octanol–water partition coefficient (Wildman–Crippen LogP) is 4.71. The lowest BCUT2D eigenvalue weighted by Gasteiger charge is -2.17. The zero-order valence-electron chi connectivity index (χ0n) is 18.3. The summed E-state index contributed by atoms with van der Waals surface area (Å²) in [7, 11) is 0. The first kappa shape index (κ1) is 22.8. The van der Waals surface area contributed by atoms with Gasteiger partial charge in [0.05, 0.1) is 29.4 Å². The summed E-state index contributed by atoms with van der Waals surface area (Å²) in [6, 6.07) is 7.75. The molecule has 1 amide bonds. The van der Waals surface area contributed by atoms with E-state index < -0.39 is 5.82 Å². The highest BCUT2D eigenvalue weighted by atomic mass is 35.5. The molecule has 0 aliphatic carbocycles. The van der Waals surface area contributed by atoms with Gasteiger partial charge in [-0.25, -0.2) is 19.3 Å². The Morgan fingerprint density at radius 3 is 2.94 bits per heavy atom. The molecule has 5 rings (SSSR count). The van der Waals surface area contributed by atoms with E-state index in [1.165, 1.54) is 24.5 Å². The highest BCUT2D eigenvalue weighted by Crippen LogP contribution is 2.35. The number of carbonyl (C=O) groups is 1. The molecular weight excluding hydrogens is 475 g/mol. The van der Waals surface area contributed by atoms with Crippen LogP contribution in [0.2, 0.25) is 5.02 Å². The molecule has 0 bridgehead atoms. The second-order valence-electron chi connectivity index (χ2n) is 7.74. The highest BCUT2D eigenvalue weighted by molar-refractivity contribution is 6.31. The number of halogens is 2. The molecule has 4 aromatic rings. The number of amides is 1. The summed E-state index contributed by atoms with van der Waals surface area (Å²) in [6.07, 6.45) is 8.21. The van der Waals surface area contributed by atoms with Crippen molar-refractivity contribution in [1.29, 1.82) is 0 Å². The van der Waals surface area contributed by atoms with Gasteiger partial charge < -0.3 is 25.1 Å². The van der Waals surface area contributed by atoms with Crippen LogP contribution < -0.4 is 15.4 Å². The fourth-order valence-corrected chi connectivity index (χ4v) is 3.75. The lowest BCUT2D eigenvalue weighted by Crippen LogP contribution is -2.18. The van der Waals surface area contributed by atoms with E-state index in [-0.39, 0.29) is 17.0 Å². The number of aromatic amines is 1. The van der Waals surface area contributed by atoms with Gasteiger partial charge in [0.2, 0.25) is 5.91 Å². The number of fused-ring (bicyclic) bond motifs is 1. The van der Waals surface area contributed by atoms with Crippen LogP contribution in [0, 0.1) is 5.82 Å². The Hall–Kier alpha value is -4.02. The van der Waals surface area contributed by atoms with Gasteiger partial charge in [-0.05, 0) is 30.3 Å². The SMILES string of the molecule is O=C(/C=C/c1ncc[nH]1)Nc1cc2c(Nc3ccc(F)c(Cl)c3)ncnc2cc1O[C@H]1CCOC1. The molecule has 2 aromatic carbocycles. The maximum Gasteiger partial charge on any atom is 0.248 e. The number of hydrogen-bond acceptors (Lipinski definition) is 7. The number of carbonyl (C=O) groups excluding carboxylic acids is 1. The summed E-state index contributed by atoms with van der Waals surface area (Å²) in [4.78, 5) is 28.3. The quantitative estimate of drug-likeness (QED) is 0.319. The Morgan fingerprint density at radius 1 is 1.26 bits per heavy atom. The average molecular weight is 495 g/mol. The first-order valence-corrected chi connectivity index (χ1v) is 11.2. The average Bonchev–Trinajstić information content (AvgIpc) is 3.55. The van der Waals surface area contributed by atoms with E-state index in [9.17, 15) is 9.18 Å². The number of rotatable bonds is 7. The fraction of sp³-hybridized carbons (Fsp3) is 0.167. The third-order valence-corrected chi connectivity index (χ3v) is 5.56. The van der Waals surface area contributed by atoms with Crippen LogP contribution in [0.5, 0.6) is 5.75 Å². The van der Waals surface area contributed by atoms with Gasteiger partial charge in [-0.2, -0.15) is 0 Å². The number of nitrogens with zero attached hydrogens (tertiary/aromatic N) is 3. The van der Waals surface area contributed by atoms with Crippen molar-refractivity contribution in [2.45, 2.75) is 12.5 Å². The minimum atomic E-state index is -0.518. The summed E-state index contributed by atoms with van der Waals surface area (Å²) in [5.41, 5.74) is 1.58. The van der Waals surface area contributed by atoms with Crippen LogP contribution in [0.4, 0.5) is 21.6 Å². The van der Waals surface area contributed by atoms with Gasteiger partial charge in [-0.3, -0.25) is 4.79 Å². The van der Waals surface area contributed by atoms with Crippen LogP contribution in [0.3, 0.4) is 0 Å². The van der Waals surface area contributed by atoms with E-state index >= 15 is 0 Å². The van der Waals surface area contributed by atoms with Crippen molar-refractivity contribution in [1.82, 2.24) is 19.9 Å². The molecule has 3 N–H and O–H groups in total. The van der Waals surface area contributed by atoms with Crippen LogP contribution in [0.1, 0.15) is 12.2 Å². The van der Waals surface area contributed by atoms with E-state index in [4.69, 9.17) is 21.1 Å². The van der Waals surface area contributed by atoms with Gasteiger partial charge in [-0.1, -0.05) is 11.6 Å². The molecule has 2 aromatic heterocycles. The maximum absolute atomic E-state index is 13.6. The molecule has 178 valence electrons. The number of benzene rings is 2. The second kappa shape index (κ2) is 10.1. The van der Waals surface area contributed by atoms with Gasteiger partial charge in [0, 0.05) is 42.0 Å². The number of ether oxygens (including phenoxy) is 2. The molecule has 1 aliphatic rings. The van der Waals surface area contributed by atoms with Crippen molar-refractivity contribution in [3.8, 4) is 5.75 Å². The van der Waals surface area contributed by atoms with Gasteiger partial charge in [0.25, 0.3) is 0 Å². The van der Waals surface area contributed by atoms with Crippen LogP contribution in [-0.4, -0.2) is 45.2 Å². The van der Waals surface area contributed by atoms with Gasteiger partial charge in [0.1, 0.15) is 35.6 Å². The summed E-state index contributed by atoms with van der Waals surface area (Å²) in [5.74, 6) is 0.577. The van der Waals surface area contributed by atoms with E-state index in [2.05, 4.69) is 30.6 Å². The summed E-state index contributed by atoms with van der Waals surface area (Å²) >= 11 is 5.91.